The van der Waals surface area contributed by atoms with Crippen molar-refractivity contribution in [3.05, 3.63) is 23.8 Å². The van der Waals surface area contributed by atoms with Crippen LogP contribution in [0.25, 0.3) is 0 Å². The monoisotopic (exact) mass is 288 g/mol. The number of rotatable bonds is 1. The number of nitrogens with zero attached hydrogens (tertiary/aromatic N) is 2. The lowest BCUT2D eigenvalue weighted by Crippen LogP contribution is -2.45. The van der Waals surface area contributed by atoms with Crippen molar-refractivity contribution in [2.24, 2.45) is 11.8 Å². The maximum Gasteiger partial charge on any atom is 0.260 e. The van der Waals surface area contributed by atoms with Gasteiger partial charge >= 0.3 is 0 Å². The number of likely N-dealkylation sites (N-methyl/N-ethyl adjacent to an activating group) is 1. The normalized spacial score (nSPS) is 32.5. The molecular weight excluding hydrogens is 264 g/mol. The van der Waals surface area contributed by atoms with Crippen LogP contribution in [0.3, 0.4) is 0 Å². The Balaban J connectivity index is 1.96. The van der Waals surface area contributed by atoms with Crippen molar-refractivity contribution in [2.45, 2.75) is 39.3 Å². The van der Waals surface area contributed by atoms with Crippen molar-refractivity contribution in [3.63, 3.8) is 0 Å². The molecule has 4 heteroatoms. The van der Waals surface area contributed by atoms with E-state index in [1.807, 2.05) is 18.2 Å². The van der Waals surface area contributed by atoms with Gasteiger partial charge in [0.25, 0.3) is 5.91 Å². The summed E-state index contributed by atoms with van der Waals surface area (Å²) < 4.78 is 0. The molecular formula is C17H24N2O2. The number of anilines is 2. The van der Waals surface area contributed by atoms with Gasteiger partial charge in [-0.15, -0.1) is 0 Å². The molecule has 4 atom stereocenters. The number of hydrogen-bond donors (Lipinski definition) is 1. The standard InChI is InChI=1S/C17H24N2O2/c1-10-7-11(2)12(3)19(9-10)13-5-6-14-15(8-13)18(4)17(21)16(14)20/h5-6,8,10-12,16,20H,7,9H2,1-4H3. The fraction of sp³-hybridized carbons (Fsp3) is 0.588. The van der Waals surface area contributed by atoms with Gasteiger partial charge in [-0.25, -0.2) is 0 Å². The van der Waals surface area contributed by atoms with Crippen LogP contribution in [0.5, 0.6) is 0 Å². The van der Waals surface area contributed by atoms with Gasteiger partial charge in [0.1, 0.15) is 0 Å². The summed E-state index contributed by atoms with van der Waals surface area (Å²) in [7, 11) is 1.73. The summed E-state index contributed by atoms with van der Waals surface area (Å²) in [4.78, 5) is 15.9. The summed E-state index contributed by atoms with van der Waals surface area (Å²) in [6.07, 6.45) is 0.260. The Hall–Kier alpha value is -1.55. The summed E-state index contributed by atoms with van der Waals surface area (Å²) in [6.45, 7) is 7.92. The van der Waals surface area contributed by atoms with E-state index in [1.54, 1.807) is 11.9 Å². The van der Waals surface area contributed by atoms with Crippen molar-refractivity contribution in [2.75, 3.05) is 23.4 Å². The van der Waals surface area contributed by atoms with Crippen LogP contribution < -0.4 is 9.80 Å². The summed E-state index contributed by atoms with van der Waals surface area (Å²) in [5.74, 6) is 1.09. The summed E-state index contributed by atoms with van der Waals surface area (Å²) in [5, 5.41) is 9.95. The number of fused-ring (bicyclic) bond motifs is 1. The van der Waals surface area contributed by atoms with Crippen LogP contribution in [0.2, 0.25) is 0 Å². The third-order valence-electron chi connectivity index (χ3n) is 5.16. The molecule has 1 saturated heterocycles. The number of hydrogen-bond acceptors (Lipinski definition) is 3. The zero-order valence-corrected chi connectivity index (χ0v) is 13.2. The summed E-state index contributed by atoms with van der Waals surface area (Å²) in [6, 6.07) is 6.47. The molecule has 0 aliphatic carbocycles. The van der Waals surface area contributed by atoms with Crippen LogP contribution in [0.15, 0.2) is 18.2 Å². The predicted octanol–water partition coefficient (Wildman–Crippen LogP) is 2.57. The molecule has 4 nitrogen and oxygen atoms in total. The quantitative estimate of drug-likeness (QED) is 0.863. The minimum atomic E-state index is -1.00. The molecule has 0 saturated carbocycles. The molecule has 0 bridgehead atoms. The Morgan fingerprint density at radius 1 is 1.24 bits per heavy atom. The van der Waals surface area contributed by atoms with E-state index >= 15 is 0 Å². The zero-order valence-electron chi connectivity index (χ0n) is 13.2. The van der Waals surface area contributed by atoms with Crippen molar-refractivity contribution < 1.29 is 9.90 Å². The molecule has 3 rings (SSSR count). The van der Waals surface area contributed by atoms with Crippen LogP contribution in [0, 0.1) is 11.8 Å². The van der Waals surface area contributed by atoms with Gasteiger partial charge in [-0.3, -0.25) is 4.79 Å². The lowest BCUT2D eigenvalue weighted by molar-refractivity contribution is -0.125. The molecule has 114 valence electrons. The van der Waals surface area contributed by atoms with Crippen molar-refractivity contribution in [1.29, 1.82) is 0 Å². The number of aliphatic hydroxyl groups excluding tert-OH is 1. The highest BCUT2D eigenvalue weighted by Gasteiger charge is 2.35. The van der Waals surface area contributed by atoms with Crippen molar-refractivity contribution in [3.8, 4) is 0 Å². The molecule has 21 heavy (non-hydrogen) atoms. The van der Waals surface area contributed by atoms with E-state index in [0.29, 0.717) is 17.9 Å². The van der Waals surface area contributed by atoms with Gasteiger partial charge in [0.05, 0.1) is 5.69 Å². The number of carbonyl (C=O) groups excluding carboxylic acids is 1. The van der Waals surface area contributed by atoms with Gasteiger partial charge in [-0.05, 0) is 37.3 Å². The first kappa shape index (κ1) is 14.4. The Morgan fingerprint density at radius 3 is 2.67 bits per heavy atom. The molecule has 2 heterocycles. The predicted molar refractivity (Wildman–Crippen MR) is 84.6 cm³/mol. The minimum Gasteiger partial charge on any atom is -0.378 e. The first-order valence-electron chi connectivity index (χ1n) is 7.76. The first-order valence-corrected chi connectivity index (χ1v) is 7.76. The molecule has 1 N–H and O–H groups in total. The summed E-state index contributed by atoms with van der Waals surface area (Å²) >= 11 is 0. The highest BCUT2D eigenvalue weighted by atomic mass is 16.3. The molecule has 2 aliphatic heterocycles. The Bertz CT molecular complexity index is 572. The van der Waals surface area contributed by atoms with Gasteiger partial charge in [0.15, 0.2) is 6.10 Å². The van der Waals surface area contributed by atoms with Crippen LogP contribution in [-0.2, 0) is 4.79 Å². The fourth-order valence-corrected chi connectivity index (χ4v) is 3.72. The molecule has 1 aromatic carbocycles. The first-order chi connectivity index (χ1) is 9.90. The molecule has 1 aromatic rings. The van der Waals surface area contributed by atoms with E-state index in [1.165, 1.54) is 6.42 Å². The maximum absolute atomic E-state index is 11.9. The van der Waals surface area contributed by atoms with Gasteiger partial charge in [0.2, 0.25) is 0 Å². The average Bonchev–Trinajstić information content (AvgIpc) is 2.67. The number of amides is 1. The second kappa shape index (κ2) is 5.02. The van der Waals surface area contributed by atoms with Crippen molar-refractivity contribution in [1.82, 2.24) is 0 Å². The third-order valence-corrected chi connectivity index (χ3v) is 5.16. The molecule has 1 fully saturated rings. The average molecular weight is 288 g/mol. The van der Waals surface area contributed by atoms with Crippen LogP contribution in [-0.4, -0.2) is 30.6 Å². The topological polar surface area (TPSA) is 43.8 Å². The van der Waals surface area contributed by atoms with Crippen LogP contribution in [0.4, 0.5) is 11.4 Å². The van der Waals surface area contributed by atoms with E-state index in [2.05, 4.69) is 25.7 Å². The molecule has 2 aliphatic rings. The SMILES string of the molecule is CC1CC(C)C(C)N(c2ccc3c(c2)N(C)C(=O)C3O)C1. The van der Waals surface area contributed by atoms with E-state index in [-0.39, 0.29) is 5.91 Å². The number of piperidine rings is 1. The smallest absolute Gasteiger partial charge is 0.260 e. The molecule has 0 aromatic heterocycles. The van der Waals surface area contributed by atoms with E-state index in [0.717, 1.165) is 23.5 Å². The lowest BCUT2D eigenvalue weighted by Gasteiger charge is -2.43. The van der Waals surface area contributed by atoms with Crippen LogP contribution in [0.1, 0.15) is 38.9 Å². The minimum absolute atomic E-state index is 0.240. The number of aliphatic hydroxyl groups is 1. The van der Waals surface area contributed by atoms with Gasteiger partial charge in [-0.2, -0.15) is 0 Å². The molecule has 1 amide bonds. The second-order valence-electron chi connectivity index (χ2n) is 6.75. The molecule has 0 radical (unpaired) electrons. The Kier molecular flexibility index (Phi) is 3.44. The van der Waals surface area contributed by atoms with Gasteiger partial charge in [-0.1, -0.05) is 19.9 Å². The summed E-state index contributed by atoms with van der Waals surface area (Å²) in [5.41, 5.74) is 2.70. The number of carbonyl (C=O) groups is 1. The van der Waals surface area contributed by atoms with Gasteiger partial charge < -0.3 is 14.9 Å². The highest BCUT2D eigenvalue weighted by Crippen LogP contribution is 2.39. The third kappa shape index (κ3) is 2.22. The van der Waals surface area contributed by atoms with E-state index in [4.69, 9.17) is 0 Å². The van der Waals surface area contributed by atoms with E-state index < -0.39 is 6.10 Å². The number of benzene rings is 1. The largest absolute Gasteiger partial charge is 0.378 e. The maximum atomic E-state index is 11.9. The van der Waals surface area contributed by atoms with Crippen LogP contribution >= 0.6 is 0 Å². The van der Waals surface area contributed by atoms with Gasteiger partial charge in [0, 0.05) is 30.9 Å². The fourth-order valence-electron chi connectivity index (χ4n) is 3.72. The lowest BCUT2D eigenvalue weighted by atomic mass is 9.85. The molecule has 4 unspecified atom stereocenters. The van der Waals surface area contributed by atoms with E-state index in [9.17, 15) is 9.90 Å². The zero-order chi connectivity index (χ0) is 15.3. The Morgan fingerprint density at radius 2 is 1.95 bits per heavy atom. The second-order valence-corrected chi connectivity index (χ2v) is 6.75. The molecule has 0 spiro atoms. The van der Waals surface area contributed by atoms with Crippen molar-refractivity contribution >= 4 is 17.3 Å². The highest BCUT2D eigenvalue weighted by molar-refractivity contribution is 6.03. The Labute approximate surface area is 126 Å².